The number of carbonyl (C=O) groups is 1. The third kappa shape index (κ3) is 4.70. The average molecular weight is 306 g/mol. The summed E-state index contributed by atoms with van der Waals surface area (Å²) in [6, 6.07) is 16.5. The Bertz CT molecular complexity index is 705. The molecule has 2 aromatic carbocycles. The Balaban J connectivity index is 2.00. The smallest absolute Gasteiger partial charge is 0.338 e. The molecule has 0 fully saturated rings. The number of carbonyl (C=O) groups excluding carboxylic acids is 1. The van der Waals surface area contributed by atoms with E-state index in [-0.39, 0.29) is 6.61 Å². The van der Waals surface area contributed by atoms with E-state index in [1.54, 1.807) is 24.3 Å². The molecule has 0 saturated carbocycles. The van der Waals surface area contributed by atoms with Crippen molar-refractivity contribution in [2.24, 2.45) is 0 Å². The molecule has 0 amide bonds. The van der Waals surface area contributed by atoms with Crippen LogP contribution in [0.2, 0.25) is 0 Å². The van der Waals surface area contributed by atoms with E-state index in [0.29, 0.717) is 5.56 Å². The lowest BCUT2D eigenvalue weighted by Crippen LogP contribution is -2.14. The lowest BCUT2D eigenvalue weighted by atomic mass is 10.0. The van der Waals surface area contributed by atoms with E-state index in [0.717, 1.165) is 11.1 Å². The minimum atomic E-state index is -4.12. The lowest BCUT2D eigenvalue weighted by Gasteiger charge is -2.05. The van der Waals surface area contributed by atoms with Gasteiger partial charge < -0.3 is 4.74 Å². The predicted octanol–water partition coefficient (Wildman–Crippen LogP) is 2.40. The summed E-state index contributed by atoms with van der Waals surface area (Å²) in [4.78, 5) is 11.7. The summed E-state index contributed by atoms with van der Waals surface area (Å²) < 4.78 is 34.3. The average Bonchev–Trinajstić information content (AvgIpc) is 2.47. The molecule has 0 bridgehead atoms. The van der Waals surface area contributed by atoms with Crippen molar-refractivity contribution in [3.05, 3.63) is 60.2 Å². The van der Waals surface area contributed by atoms with Gasteiger partial charge in [0.25, 0.3) is 10.1 Å². The van der Waals surface area contributed by atoms with Crippen LogP contribution in [0.4, 0.5) is 0 Å². The van der Waals surface area contributed by atoms with E-state index in [2.05, 4.69) is 0 Å². The zero-order valence-electron chi connectivity index (χ0n) is 11.1. The second-order valence-electron chi connectivity index (χ2n) is 4.37. The zero-order chi connectivity index (χ0) is 15.3. The monoisotopic (exact) mass is 306 g/mol. The first-order valence-corrected chi connectivity index (χ1v) is 7.84. The molecule has 0 aliphatic heterocycles. The van der Waals surface area contributed by atoms with Gasteiger partial charge in [-0.3, -0.25) is 4.55 Å². The molecule has 110 valence electrons. The van der Waals surface area contributed by atoms with Gasteiger partial charge in [-0.2, -0.15) is 8.42 Å². The first kappa shape index (κ1) is 15.2. The van der Waals surface area contributed by atoms with Gasteiger partial charge in [-0.25, -0.2) is 4.79 Å². The molecule has 0 aliphatic rings. The van der Waals surface area contributed by atoms with Gasteiger partial charge in [-0.15, -0.1) is 0 Å². The number of benzene rings is 2. The Morgan fingerprint density at radius 2 is 1.52 bits per heavy atom. The van der Waals surface area contributed by atoms with Crippen molar-refractivity contribution in [2.75, 3.05) is 12.4 Å². The molecule has 2 rings (SSSR count). The molecule has 0 aliphatic carbocycles. The maximum atomic E-state index is 11.7. The maximum absolute atomic E-state index is 11.7. The van der Waals surface area contributed by atoms with Gasteiger partial charge in [0.15, 0.2) is 0 Å². The summed E-state index contributed by atoms with van der Waals surface area (Å²) in [6.07, 6.45) is 0. The predicted molar refractivity (Wildman–Crippen MR) is 78.6 cm³/mol. The largest absolute Gasteiger partial charge is 0.461 e. The molecule has 0 radical (unpaired) electrons. The molecule has 5 nitrogen and oxygen atoms in total. The number of hydrogen-bond donors (Lipinski definition) is 1. The van der Waals surface area contributed by atoms with Crippen molar-refractivity contribution in [1.29, 1.82) is 0 Å². The highest BCUT2D eigenvalue weighted by Gasteiger charge is 2.10. The molecule has 0 unspecified atom stereocenters. The van der Waals surface area contributed by atoms with Gasteiger partial charge in [0.2, 0.25) is 0 Å². The SMILES string of the molecule is O=C(OCCS(=O)(=O)O)c1ccc(-c2ccccc2)cc1. The van der Waals surface area contributed by atoms with Crippen molar-refractivity contribution in [3.63, 3.8) is 0 Å². The van der Waals surface area contributed by atoms with E-state index < -0.39 is 21.8 Å². The Hall–Kier alpha value is -2.18. The lowest BCUT2D eigenvalue weighted by molar-refractivity contribution is 0.0528. The molecule has 2 aromatic rings. The Morgan fingerprint density at radius 1 is 0.952 bits per heavy atom. The number of esters is 1. The van der Waals surface area contributed by atoms with Crippen molar-refractivity contribution in [1.82, 2.24) is 0 Å². The highest BCUT2D eigenvalue weighted by molar-refractivity contribution is 7.85. The summed E-state index contributed by atoms with van der Waals surface area (Å²) in [7, 11) is -4.12. The minimum absolute atomic E-state index is 0.324. The molecule has 0 heterocycles. The van der Waals surface area contributed by atoms with Crippen molar-refractivity contribution >= 4 is 16.1 Å². The quantitative estimate of drug-likeness (QED) is 0.677. The fourth-order valence-electron chi connectivity index (χ4n) is 1.75. The van der Waals surface area contributed by atoms with Crippen molar-refractivity contribution < 1.29 is 22.5 Å². The van der Waals surface area contributed by atoms with Crippen molar-refractivity contribution in [3.8, 4) is 11.1 Å². The highest BCUT2D eigenvalue weighted by atomic mass is 32.2. The highest BCUT2D eigenvalue weighted by Crippen LogP contribution is 2.19. The number of hydrogen-bond acceptors (Lipinski definition) is 4. The second-order valence-corrected chi connectivity index (χ2v) is 5.94. The molecule has 1 N–H and O–H groups in total. The van der Waals surface area contributed by atoms with E-state index in [1.165, 1.54) is 0 Å². The molecule has 0 saturated heterocycles. The van der Waals surface area contributed by atoms with Crippen LogP contribution >= 0.6 is 0 Å². The normalized spacial score (nSPS) is 11.1. The summed E-state index contributed by atoms with van der Waals surface area (Å²) in [6.45, 7) is -0.377. The van der Waals surface area contributed by atoms with Crippen LogP contribution < -0.4 is 0 Å². The fourth-order valence-corrected chi connectivity index (χ4v) is 2.05. The molecule has 21 heavy (non-hydrogen) atoms. The van der Waals surface area contributed by atoms with Crippen molar-refractivity contribution in [2.45, 2.75) is 0 Å². The summed E-state index contributed by atoms with van der Waals surface area (Å²) in [5.41, 5.74) is 2.32. The molecule has 0 atom stereocenters. The molecule has 0 spiro atoms. The minimum Gasteiger partial charge on any atom is -0.461 e. The van der Waals surface area contributed by atoms with Crippen LogP contribution in [0, 0.1) is 0 Å². The topological polar surface area (TPSA) is 80.7 Å². The van der Waals surface area contributed by atoms with Gasteiger partial charge in [-0.1, -0.05) is 42.5 Å². The van der Waals surface area contributed by atoms with Crippen LogP contribution in [0.5, 0.6) is 0 Å². The van der Waals surface area contributed by atoms with E-state index >= 15 is 0 Å². The standard InChI is InChI=1S/C15H14O5S/c16-15(20-10-11-21(17,18)19)14-8-6-13(7-9-14)12-4-2-1-3-5-12/h1-9H,10-11H2,(H,17,18,19). The third-order valence-electron chi connectivity index (χ3n) is 2.80. The van der Waals surface area contributed by atoms with E-state index in [1.807, 2.05) is 30.3 Å². The maximum Gasteiger partial charge on any atom is 0.338 e. The van der Waals surface area contributed by atoms with Crippen LogP contribution in [-0.2, 0) is 14.9 Å². The summed E-state index contributed by atoms with van der Waals surface area (Å²) in [5.74, 6) is -1.24. The molecule has 0 aromatic heterocycles. The van der Waals surface area contributed by atoms with Gasteiger partial charge in [-0.05, 0) is 23.3 Å². The third-order valence-corrected chi connectivity index (χ3v) is 3.48. The first-order chi connectivity index (χ1) is 9.96. The Morgan fingerprint density at radius 3 is 2.10 bits per heavy atom. The number of ether oxygens (including phenoxy) is 1. The second kappa shape index (κ2) is 6.51. The van der Waals surface area contributed by atoms with Gasteiger partial charge in [0.05, 0.1) is 5.56 Å². The van der Waals surface area contributed by atoms with Crippen LogP contribution in [0.25, 0.3) is 11.1 Å². The van der Waals surface area contributed by atoms with Crippen LogP contribution in [-0.4, -0.2) is 31.3 Å². The Kier molecular flexibility index (Phi) is 4.72. The van der Waals surface area contributed by atoms with Gasteiger partial charge >= 0.3 is 5.97 Å². The van der Waals surface area contributed by atoms with E-state index in [4.69, 9.17) is 9.29 Å². The van der Waals surface area contributed by atoms with Gasteiger partial charge in [0, 0.05) is 0 Å². The molecular formula is C15H14O5S. The number of rotatable bonds is 5. The summed E-state index contributed by atoms with van der Waals surface area (Å²) in [5, 5.41) is 0. The molecular weight excluding hydrogens is 292 g/mol. The first-order valence-electron chi connectivity index (χ1n) is 6.23. The van der Waals surface area contributed by atoms with Crippen LogP contribution in [0.15, 0.2) is 54.6 Å². The van der Waals surface area contributed by atoms with Crippen LogP contribution in [0.3, 0.4) is 0 Å². The Labute approximate surface area is 122 Å². The summed E-state index contributed by atoms with van der Waals surface area (Å²) >= 11 is 0. The zero-order valence-corrected chi connectivity index (χ0v) is 11.9. The van der Waals surface area contributed by atoms with Crippen LogP contribution in [0.1, 0.15) is 10.4 Å². The van der Waals surface area contributed by atoms with Gasteiger partial charge in [0.1, 0.15) is 12.4 Å². The fraction of sp³-hybridized carbons (Fsp3) is 0.133. The molecule has 6 heteroatoms. The van der Waals surface area contributed by atoms with E-state index in [9.17, 15) is 13.2 Å².